The van der Waals surface area contributed by atoms with Gasteiger partial charge in [0, 0.05) is 18.7 Å². The third-order valence-corrected chi connectivity index (χ3v) is 1.88. The van der Waals surface area contributed by atoms with Crippen LogP contribution in [-0.2, 0) is 6.54 Å². The molecule has 0 amide bonds. The number of aromatic nitrogens is 2. The predicted molar refractivity (Wildman–Crippen MR) is 55.9 cm³/mol. The summed E-state index contributed by atoms with van der Waals surface area (Å²) in [6.07, 6.45) is 4.25. The van der Waals surface area contributed by atoms with Gasteiger partial charge in [0.05, 0.1) is 6.20 Å². The zero-order chi connectivity index (χ0) is 9.68. The maximum atomic E-state index is 4.26. The number of hydrogen-bond donors (Lipinski definition) is 1. The summed E-state index contributed by atoms with van der Waals surface area (Å²) in [4.78, 5) is 0. The van der Waals surface area contributed by atoms with E-state index in [0.29, 0.717) is 6.04 Å². The van der Waals surface area contributed by atoms with Gasteiger partial charge in [0.15, 0.2) is 0 Å². The van der Waals surface area contributed by atoms with Crippen LogP contribution in [0.15, 0.2) is 12.3 Å². The van der Waals surface area contributed by atoms with Crippen molar-refractivity contribution in [1.82, 2.24) is 9.78 Å². The van der Waals surface area contributed by atoms with Crippen molar-refractivity contribution in [3.05, 3.63) is 12.3 Å². The molecule has 13 heavy (non-hydrogen) atoms. The van der Waals surface area contributed by atoms with Crippen LogP contribution >= 0.6 is 0 Å². The SMILES string of the molecule is CCCCn1nccc1NC(C)C. The highest BCUT2D eigenvalue weighted by molar-refractivity contribution is 5.34. The minimum Gasteiger partial charge on any atom is -0.368 e. The number of hydrogen-bond acceptors (Lipinski definition) is 2. The standard InChI is InChI=1S/C10H19N3/c1-4-5-8-13-10(6-7-11-13)12-9(2)3/h6-7,9,12H,4-5,8H2,1-3H3. The molecule has 1 heterocycles. The highest BCUT2D eigenvalue weighted by Crippen LogP contribution is 2.08. The van der Waals surface area contributed by atoms with Gasteiger partial charge >= 0.3 is 0 Å². The van der Waals surface area contributed by atoms with E-state index in [1.807, 2.05) is 16.9 Å². The molecule has 74 valence electrons. The van der Waals surface area contributed by atoms with E-state index in [0.717, 1.165) is 12.4 Å². The fraction of sp³-hybridized carbons (Fsp3) is 0.700. The number of aryl methyl sites for hydroxylation is 1. The van der Waals surface area contributed by atoms with Gasteiger partial charge in [-0.25, -0.2) is 4.68 Å². The molecule has 0 bridgehead atoms. The molecule has 1 aromatic heterocycles. The van der Waals surface area contributed by atoms with Gasteiger partial charge in [-0.3, -0.25) is 0 Å². The third kappa shape index (κ3) is 3.09. The zero-order valence-corrected chi connectivity index (χ0v) is 8.75. The molecule has 3 nitrogen and oxygen atoms in total. The minimum absolute atomic E-state index is 0.470. The highest BCUT2D eigenvalue weighted by Gasteiger charge is 2.01. The average Bonchev–Trinajstić information content (AvgIpc) is 2.48. The molecule has 0 aliphatic heterocycles. The monoisotopic (exact) mass is 181 g/mol. The lowest BCUT2D eigenvalue weighted by Crippen LogP contribution is -2.14. The van der Waals surface area contributed by atoms with Crippen LogP contribution < -0.4 is 5.32 Å². The van der Waals surface area contributed by atoms with Gasteiger partial charge in [-0.1, -0.05) is 13.3 Å². The van der Waals surface area contributed by atoms with Gasteiger partial charge in [-0.05, 0) is 20.3 Å². The van der Waals surface area contributed by atoms with Crippen molar-refractivity contribution in [3.8, 4) is 0 Å². The lowest BCUT2D eigenvalue weighted by molar-refractivity contribution is 0.574. The van der Waals surface area contributed by atoms with E-state index in [1.54, 1.807) is 0 Å². The van der Waals surface area contributed by atoms with Gasteiger partial charge in [0.2, 0.25) is 0 Å². The van der Waals surface area contributed by atoms with Crippen molar-refractivity contribution in [2.24, 2.45) is 0 Å². The number of anilines is 1. The smallest absolute Gasteiger partial charge is 0.124 e. The number of nitrogens with zero attached hydrogens (tertiary/aromatic N) is 2. The molecule has 0 aliphatic carbocycles. The van der Waals surface area contributed by atoms with Gasteiger partial charge in [0.1, 0.15) is 5.82 Å². The first kappa shape index (κ1) is 10.1. The molecule has 0 aromatic carbocycles. The topological polar surface area (TPSA) is 29.9 Å². The Hall–Kier alpha value is -0.990. The first-order valence-corrected chi connectivity index (χ1v) is 5.02. The van der Waals surface area contributed by atoms with Crippen LogP contribution in [-0.4, -0.2) is 15.8 Å². The van der Waals surface area contributed by atoms with Crippen molar-refractivity contribution >= 4 is 5.82 Å². The van der Waals surface area contributed by atoms with Crippen LogP contribution in [0.2, 0.25) is 0 Å². The summed E-state index contributed by atoms with van der Waals surface area (Å²) in [5.74, 6) is 1.13. The van der Waals surface area contributed by atoms with E-state index < -0.39 is 0 Å². The van der Waals surface area contributed by atoms with Crippen LogP contribution in [0, 0.1) is 0 Å². The summed E-state index contributed by atoms with van der Waals surface area (Å²) < 4.78 is 2.03. The molecule has 0 saturated carbocycles. The fourth-order valence-electron chi connectivity index (χ4n) is 1.24. The van der Waals surface area contributed by atoms with Crippen molar-refractivity contribution in [1.29, 1.82) is 0 Å². The minimum atomic E-state index is 0.470. The number of unbranched alkanes of at least 4 members (excludes halogenated alkanes) is 1. The molecule has 1 aromatic rings. The molecule has 0 saturated heterocycles. The first-order chi connectivity index (χ1) is 6.24. The van der Waals surface area contributed by atoms with Gasteiger partial charge in [0.25, 0.3) is 0 Å². The molecule has 3 heteroatoms. The first-order valence-electron chi connectivity index (χ1n) is 5.02. The van der Waals surface area contributed by atoms with Crippen LogP contribution in [0.1, 0.15) is 33.6 Å². The molecule has 0 radical (unpaired) electrons. The second kappa shape index (κ2) is 4.90. The van der Waals surface area contributed by atoms with Crippen molar-refractivity contribution in [3.63, 3.8) is 0 Å². The maximum absolute atomic E-state index is 4.26. The Kier molecular flexibility index (Phi) is 3.80. The van der Waals surface area contributed by atoms with E-state index in [9.17, 15) is 0 Å². The second-order valence-electron chi connectivity index (χ2n) is 3.59. The van der Waals surface area contributed by atoms with Crippen LogP contribution in [0.5, 0.6) is 0 Å². The molecule has 0 spiro atoms. The van der Waals surface area contributed by atoms with E-state index >= 15 is 0 Å². The molecule has 0 atom stereocenters. The Morgan fingerprint density at radius 3 is 2.92 bits per heavy atom. The summed E-state index contributed by atoms with van der Waals surface area (Å²) in [5, 5.41) is 7.62. The normalized spacial score (nSPS) is 10.8. The lowest BCUT2D eigenvalue weighted by Gasteiger charge is -2.11. The zero-order valence-electron chi connectivity index (χ0n) is 8.75. The predicted octanol–water partition coefficient (Wildman–Crippen LogP) is 2.50. The summed E-state index contributed by atoms with van der Waals surface area (Å²) in [6, 6.07) is 2.49. The molecule has 1 N–H and O–H groups in total. The van der Waals surface area contributed by atoms with Gasteiger partial charge in [-0.15, -0.1) is 0 Å². The molecular formula is C10H19N3. The Bertz CT molecular complexity index is 240. The van der Waals surface area contributed by atoms with E-state index in [4.69, 9.17) is 0 Å². The summed E-state index contributed by atoms with van der Waals surface area (Å²) in [6.45, 7) is 7.48. The summed E-state index contributed by atoms with van der Waals surface area (Å²) in [7, 11) is 0. The Morgan fingerprint density at radius 1 is 1.54 bits per heavy atom. The maximum Gasteiger partial charge on any atom is 0.124 e. The van der Waals surface area contributed by atoms with Crippen molar-refractivity contribution in [2.45, 2.75) is 46.2 Å². The van der Waals surface area contributed by atoms with Crippen LogP contribution in [0.25, 0.3) is 0 Å². The summed E-state index contributed by atoms with van der Waals surface area (Å²) >= 11 is 0. The highest BCUT2D eigenvalue weighted by atomic mass is 15.3. The molecular weight excluding hydrogens is 162 g/mol. The summed E-state index contributed by atoms with van der Waals surface area (Å²) in [5.41, 5.74) is 0. The fourth-order valence-corrected chi connectivity index (χ4v) is 1.24. The van der Waals surface area contributed by atoms with Gasteiger partial charge < -0.3 is 5.32 Å². The molecule has 0 aliphatic rings. The van der Waals surface area contributed by atoms with Crippen molar-refractivity contribution in [2.75, 3.05) is 5.32 Å². The van der Waals surface area contributed by atoms with Crippen LogP contribution in [0.4, 0.5) is 5.82 Å². The number of nitrogens with one attached hydrogen (secondary N) is 1. The van der Waals surface area contributed by atoms with E-state index in [-0.39, 0.29) is 0 Å². The molecule has 1 rings (SSSR count). The number of rotatable bonds is 5. The second-order valence-corrected chi connectivity index (χ2v) is 3.59. The Morgan fingerprint density at radius 2 is 2.31 bits per heavy atom. The Balaban J connectivity index is 2.55. The Labute approximate surface area is 80.1 Å². The molecule has 0 fully saturated rings. The van der Waals surface area contributed by atoms with Crippen LogP contribution in [0.3, 0.4) is 0 Å². The van der Waals surface area contributed by atoms with E-state index in [1.165, 1.54) is 12.8 Å². The molecule has 0 unspecified atom stereocenters. The van der Waals surface area contributed by atoms with Crippen molar-refractivity contribution < 1.29 is 0 Å². The largest absolute Gasteiger partial charge is 0.368 e. The quantitative estimate of drug-likeness (QED) is 0.756. The lowest BCUT2D eigenvalue weighted by atomic mass is 10.3. The van der Waals surface area contributed by atoms with E-state index in [2.05, 4.69) is 31.2 Å². The average molecular weight is 181 g/mol. The third-order valence-electron chi connectivity index (χ3n) is 1.88. The van der Waals surface area contributed by atoms with Gasteiger partial charge in [-0.2, -0.15) is 5.10 Å².